The fraction of sp³-hybridized carbons (Fsp3) is 0.455. The molecular weight excluding hydrogens is 769 g/mol. The lowest BCUT2D eigenvalue weighted by Gasteiger charge is -2.33. The van der Waals surface area contributed by atoms with Crippen LogP contribution in [0.1, 0.15) is 70.7 Å². The van der Waals surface area contributed by atoms with Crippen LogP contribution in [0.25, 0.3) is 44.3 Å². The first-order valence-electron chi connectivity index (χ1n) is 20.5. The molecule has 316 valence electrons. The number of imidazole rings is 2. The van der Waals surface area contributed by atoms with Crippen LogP contribution in [0.3, 0.4) is 0 Å². The first kappa shape index (κ1) is 40.8. The molecule has 5 heterocycles. The monoisotopic (exact) mass is 820 g/mol. The molecule has 0 bridgehead atoms. The van der Waals surface area contributed by atoms with E-state index < -0.39 is 36.1 Å². The van der Waals surface area contributed by atoms with Crippen molar-refractivity contribution in [3.8, 4) is 22.3 Å². The van der Waals surface area contributed by atoms with E-state index in [1.807, 2.05) is 64.1 Å². The molecule has 3 aliphatic heterocycles. The highest BCUT2D eigenvalue weighted by molar-refractivity contribution is 5.88. The number of rotatable bonds is 10. The minimum Gasteiger partial charge on any atom is -0.465 e. The smallest absolute Gasteiger partial charge is 0.407 e. The Morgan fingerprint density at radius 1 is 0.817 bits per heavy atom. The predicted octanol–water partition coefficient (Wildman–Crippen LogP) is 6.47. The number of aromatic amines is 2. The fourth-order valence-corrected chi connectivity index (χ4v) is 8.98. The lowest BCUT2D eigenvalue weighted by molar-refractivity contribution is -0.153. The van der Waals surface area contributed by atoms with E-state index in [2.05, 4.69) is 39.6 Å². The van der Waals surface area contributed by atoms with Crippen molar-refractivity contribution in [2.45, 2.75) is 76.9 Å². The molecule has 3 saturated heterocycles. The molecule has 0 saturated carbocycles. The Hall–Kier alpha value is -6.00. The Morgan fingerprint density at radius 2 is 1.37 bits per heavy atom. The zero-order valence-corrected chi connectivity index (χ0v) is 34.7. The van der Waals surface area contributed by atoms with E-state index >= 15 is 0 Å². The molecule has 0 radical (unpaired) electrons. The number of H-pyrrole nitrogens is 2. The summed E-state index contributed by atoms with van der Waals surface area (Å²) in [6.07, 6.45) is 0.138. The molecule has 8 rings (SSSR count). The Bertz CT molecular complexity index is 2420. The van der Waals surface area contributed by atoms with Crippen LogP contribution in [0.15, 0.2) is 60.7 Å². The first-order valence-corrected chi connectivity index (χ1v) is 20.5. The van der Waals surface area contributed by atoms with Crippen molar-refractivity contribution in [3.05, 3.63) is 72.3 Å². The lowest BCUT2D eigenvalue weighted by Crippen LogP contribution is -2.52. The Labute approximate surface area is 347 Å². The third-order valence-electron chi connectivity index (χ3n) is 12.1. The number of alkyl carbamates (subject to hydrolysis) is 1. The average molecular weight is 821 g/mol. The van der Waals surface area contributed by atoms with Gasteiger partial charge in [-0.25, -0.2) is 19.6 Å². The van der Waals surface area contributed by atoms with Gasteiger partial charge in [0.15, 0.2) is 5.79 Å². The highest BCUT2D eigenvalue weighted by atomic mass is 16.7. The summed E-state index contributed by atoms with van der Waals surface area (Å²) in [7, 11) is 2.72. The third kappa shape index (κ3) is 7.65. The molecule has 0 unspecified atom stereocenters. The van der Waals surface area contributed by atoms with Crippen LogP contribution < -0.4 is 5.32 Å². The van der Waals surface area contributed by atoms with E-state index in [0.29, 0.717) is 37.8 Å². The highest BCUT2D eigenvalue weighted by Crippen LogP contribution is 2.43. The van der Waals surface area contributed by atoms with Crippen molar-refractivity contribution >= 4 is 46.1 Å². The summed E-state index contributed by atoms with van der Waals surface area (Å²) >= 11 is 0. The number of nitrogens with one attached hydrogen (secondary N) is 3. The number of hydrogen-bond donors (Lipinski definition) is 4. The number of hydrogen-bond acceptors (Lipinski definition) is 9. The summed E-state index contributed by atoms with van der Waals surface area (Å²) in [6.45, 7) is 9.09. The molecule has 3 aromatic carbocycles. The second kappa shape index (κ2) is 16.2. The molecule has 1 spiro atoms. The van der Waals surface area contributed by atoms with Gasteiger partial charge in [0.1, 0.15) is 23.7 Å². The van der Waals surface area contributed by atoms with E-state index in [1.54, 1.807) is 9.80 Å². The number of carbonyl (C=O) groups excluding carboxylic acids is 3. The third-order valence-corrected chi connectivity index (χ3v) is 12.1. The van der Waals surface area contributed by atoms with Gasteiger partial charge in [-0.05, 0) is 71.2 Å². The number of nitrogens with zero attached hydrogens (tertiary/aromatic N) is 5. The van der Waals surface area contributed by atoms with Crippen LogP contribution in [0.4, 0.5) is 9.59 Å². The Balaban J connectivity index is 1.01. The minimum absolute atomic E-state index is 0.184. The van der Waals surface area contributed by atoms with Crippen LogP contribution >= 0.6 is 0 Å². The minimum atomic E-state index is -1.13. The summed E-state index contributed by atoms with van der Waals surface area (Å²) in [5.74, 6) is -0.488. The molecular formula is C44H52N8O8. The van der Waals surface area contributed by atoms with Gasteiger partial charge in [0.05, 0.1) is 61.0 Å². The lowest BCUT2D eigenvalue weighted by atomic mass is 10.00. The number of fused-ring (bicyclic) bond motifs is 2. The number of aromatic nitrogens is 4. The van der Waals surface area contributed by atoms with E-state index in [-0.39, 0.29) is 36.2 Å². The molecule has 16 heteroatoms. The Morgan fingerprint density at radius 3 is 1.88 bits per heavy atom. The van der Waals surface area contributed by atoms with Gasteiger partial charge in [0.2, 0.25) is 11.8 Å². The van der Waals surface area contributed by atoms with E-state index in [1.165, 1.54) is 14.2 Å². The standard InChI is InChI=1S/C44H52N8O8/c1-24(2)36(49-42(55)58-6)40(53)52-23-44(59-18-19-60-44)22-35(52)39-46-31-16-14-29(21-33(31)48-39)27-11-9-26(10-12-27)28-13-15-30-32(20-28)47-38(45-30)34-8-7-17-51(34)41(54)37(25(3)4)50(5)43(56)57/h9-16,20-21,24-25,34-37H,7-8,17-19,22-23H2,1-6H3,(H,45,47)(H,46,48)(H,49,55)(H,56,57)/t34-,35-,36-,37-/m0/s1. The van der Waals surface area contributed by atoms with Gasteiger partial charge in [-0.2, -0.15) is 0 Å². The van der Waals surface area contributed by atoms with Gasteiger partial charge in [-0.1, -0.05) is 64.1 Å². The number of likely N-dealkylation sites (N-methyl/N-ethyl adjacent to an activating group) is 1. The van der Waals surface area contributed by atoms with Gasteiger partial charge in [-0.15, -0.1) is 0 Å². The van der Waals surface area contributed by atoms with Crippen LogP contribution in [0.5, 0.6) is 0 Å². The second-order valence-electron chi connectivity index (χ2n) is 16.7. The van der Waals surface area contributed by atoms with Crippen LogP contribution in [-0.2, 0) is 23.8 Å². The van der Waals surface area contributed by atoms with E-state index in [0.717, 1.165) is 62.1 Å². The summed E-state index contributed by atoms with van der Waals surface area (Å²) in [4.78, 5) is 73.1. The van der Waals surface area contributed by atoms with Gasteiger partial charge in [0.25, 0.3) is 0 Å². The van der Waals surface area contributed by atoms with Crippen molar-refractivity contribution in [3.63, 3.8) is 0 Å². The van der Waals surface area contributed by atoms with Gasteiger partial charge in [-0.3, -0.25) is 14.5 Å². The van der Waals surface area contributed by atoms with Crippen molar-refractivity contribution in [1.82, 2.24) is 40.0 Å². The maximum atomic E-state index is 14.0. The molecule has 4 amide bonds. The zero-order chi connectivity index (χ0) is 42.5. The summed E-state index contributed by atoms with van der Waals surface area (Å²) in [5.41, 5.74) is 7.21. The van der Waals surface area contributed by atoms with Crippen molar-refractivity contribution < 1.29 is 38.5 Å². The molecule has 4 atom stereocenters. The number of ether oxygens (including phenoxy) is 3. The number of carboxylic acid groups (broad SMARTS) is 1. The Kier molecular flexibility index (Phi) is 11.0. The van der Waals surface area contributed by atoms with Crippen molar-refractivity contribution in [2.75, 3.05) is 40.5 Å². The molecule has 60 heavy (non-hydrogen) atoms. The molecule has 2 aromatic heterocycles. The number of carbonyl (C=O) groups is 4. The average Bonchev–Trinajstić information content (AvgIpc) is 4.09. The number of benzene rings is 3. The number of likely N-dealkylation sites (tertiary alicyclic amines) is 2. The SMILES string of the molecule is COC(=O)N[C@H](C(=O)N1CC2(C[C@H]1c1nc3cc(-c4ccc(-c5ccc6[nH]c([C@@H]7CCCN7C(=O)[C@H](C(C)C)N(C)C(=O)O)nc6c5)cc4)ccc3[nH]1)OCCO2)C(C)C. The predicted molar refractivity (Wildman–Crippen MR) is 223 cm³/mol. The molecule has 4 N–H and O–H groups in total. The molecule has 5 aromatic rings. The highest BCUT2D eigenvalue weighted by Gasteiger charge is 2.53. The van der Waals surface area contributed by atoms with Crippen LogP contribution in [-0.4, -0.2) is 122 Å². The normalized spacial score (nSPS) is 19.8. The second-order valence-corrected chi connectivity index (χ2v) is 16.7. The number of amides is 4. The first-order chi connectivity index (χ1) is 28.8. The van der Waals surface area contributed by atoms with Crippen molar-refractivity contribution in [2.24, 2.45) is 11.8 Å². The summed E-state index contributed by atoms with van der Waals surface area (Å²) < 4.78 is 16.9. The summed E-state index contributed by atoms with van der Waals surface area (Å²) in [5, 5.41) is 12.3. The molecule has 16 nitrogen and oxygen atoms in total. The summed E-state index contributed by atoms with van der Waals surface area (Å²) in [6, 6.07) is 18.1. The van der Waals surface area contributed by atoms with Crippen LogP contribution in [0.2, 0.25) is 0 Å². The molecule has 3 fully saturated rings. The maximum Gasteiger partial charge on any atom is 0.407 e. The van der Waals surface area contributed by atoms with Crippen LogP contribution in [0, 0.1) is 11.8 Å². The van der Waals surface area contributed by atoms with Gasteiger partial charge >= 0.3 is 12.2 Å². The fourth-order valence-electron chi connectivity index (χ4n) is 8.98. The topological polar surface area (TPSA) is 195 Å². The number of methoxy groups -OCH3 is 1. The molecule has 0 aliphatic carbocycles. The van der Waals surface area contributed by atoms with Gasteiger partial charge < -0.3 is 44.4 Å². The quantitative estimate of drug-likeness (QED) is 0.121. The van der Waals surface area contributed by atoms with Crippen molar-refractivity contribution in [1.29, 1.82) is 0 Å². The zero-order valence-electron chi connectivity index (χ0n) is 34.7. The maximum absolute atomic E-state index is 14.0. The molecule has 3 aliphatic rings. The largest absolute Gasteiger partial charge is 0.465 e. The van der Waals surface area contributed by atoms with Gasteiger partial charge in [0, 0.05) is 20.0 Å². The van der Waals surface area contributed by atoms with E-state index in [4.69, 9.17) is 24.2 Å². The van der Waals surface area contributed by atoms with E-state index in [9.17, 15) is 24.3 Å².